The first-order chi connectivity index (χ1) is 6.72. The molecule has 0 aliphatic rings. The van der Waals surface area contributed by atoms with Crippen LogP contribution in [-0.2, 0) is 4.79 Å². The van der Waals surface area contributed by atoms with Crippen molar-refractivity contribution in [2.45, 2.75) is 12.8 Å². The topological polar surface area (TPSA) is 74.8 Å². The molecule has 1 heterocycles. The molecular weight excluding hydrogens is 206 g/mol. The van der Waals surface area contributed by atoms with E-state index >= 15 is 0 Å². The van der Waals surface area contributed by atoms with Gasteiger partial charge in [-0.05, 0) is 12.5 Å². The molecule has 1 aromatic heterocycles. The van der Waals surface area contributed by atoms with Crippen LogP contribution >= 0.6 is 11.6 Å². The van der Waals surface area contributed by atoms with Crippen molar-refractivity contribution in [2.75, 3.05) is 11.2 Å². The normalized spacial score (nSPS) is 9.79. The third-order valence-corrected chi connectivity index (χ3v) is 1.75. The second-order valence-electron chi connectivity index (χ2n) is 2.65. The summed E-state index contributed by atoms with van der Waals surface area (Å²) in [5.41, 5.74) is -0.302. The molecule has 0 radical (unpaired) electrons. The van der Waals surface area contributed by atoms with Crippen molar-refractivity contribution in [1.29, 1.82) is 0 Å². The number of carbonyl (C=O) groups excluding carboxylic acids is 1. The molecule has 76 valence electrons. The quantitative estimate of drug-likeness (QED) is 0.727. The second kappa shape index (κ2) is 5.39. The molecule has 0 spiro atoms. The minimum atomic E-state index is -0.302. The summed E-state index contributed by atoms with van der Waals surface area (Å²) in [6.45, 7) is 0. The van der Waals surface area contributed by atoms with E-state index in [2.05, 4.69) is 15.5 Å². The molecule has 5 nitrogen and oxygen atoms in total. The molecule has 0 aliphatic carbocycles. The van der Waals surface area contributed by atoms with Gasteiger partial charge in [-0.3, -0.25) is 9.59 Å². The molecule has 0 fully saturated rings. The summed E-state index contributed by atoms with van der Waals surface area (Å²) >= 11 is 5.43. The highest BCUT2D eigenvalue weighted by atomic mass is 35.5. The van der Waals surface area contributed by atoms with Crippen LogP contribution in [0.1, 0.15) is 12.8 Å². The maximum atomic E-state index is 11.2. The van der Waals surface area contributed by atoms with Crippen molar-refractivity contribution >= 4 is 23.3 Å². The van der Waals surface area contributed by atoms with Gasteiger partial charge in [-0.2, -0.15) is 5.10 Å². The fourth-order valence-corrected chi connectivity index (χ4v) is 0.980. The Morgan fingerprint density at radius 1 is 1.57 bits per heavy atom. The van der Waals surface area contributed by atoms with Crippen molar-refractivity contribution < 1.29 is 4.79 Å². The van der Waals surface area contributed by atoms with Gasteiger partial charge in [0.1, 0.15) is 0 Å². The number of hydrogen-bond donors (Lipinski definition) is 2. The first kappa shape index (κ1) is 10.7. The van der Waals surface area contributed by atoms with Gasteiger partial charge < -0.3 is 5.32 Å². The van der Waals surface area contributed by atoms with Gasteiger partial charge in [-0.1, -0.05) is 0 Å². The number of rotatable bonds is 4. The molecular formula is C8H10ClN3O2. The minimum absolute atomic E-state index is 0.162. The van der Waals surface area contributed by atoms with Gasteiger partial charge in [0, 0.05) is 18.4 Å². The third-order valence-electron chi connectivity index (χ3n) is 1.48. The zero-order valence-corrected chi connectivity index (χ0v) is 8.17. The number of carbonyl (C=O) groups is 1. The summed E-state index contributed by atoms with van der Waals surface area (Å²) < 4.78 is 0. The second-order valence-corrected chi connectivity index (χ2v) is 3.03. The van der Waals surface area contributed by atoms with Gasteiger partial charge in [0.2, 0.25) is 5.91 Å². The van der Waals surface area contributed by atoms with E-state index in [0.29, 0.717) is 24.5 Å². The van der Waals surface area contributed by atoms with E-state index in [1.807, 2.05) is 0 Å². The SMILES string of the molecule is O=C(CCCCl)Nc1ccc(=O)[nH]n1. The fourth-order valence-electron chi connectivity index (χ4n) is 0.847. The van der Waals surface area contributed by atoms with Crippen molar-refractivity contribution in [1.82, 2.24) is 10.2 Å². The first-order valence-electron chi connectivity index (χ1n) is 4.14. The van der Waals surface area contributed by atoms with Crippen LogP contribution in [0.25, 0.3) is 0 Å². The Morgan fingerprint density at radius 2 is 2.36 bits per heavy atom. The molecule has 0 saturated heterocycles. The highest BCUT2D eigenvalue weighted by molar-refractivity contribution is 6.18. The molecule has 0 aliphatic heterocycles. The van der Waals surface area contributed by atoms with Gasteiger partial charge in [0.15, 0.2) is 5.82 Å². The lowest BCUT2D eigenvalue weighted by molar-refractivity contribution is -0.116. The standard InChI is InChI=1S/C8H10ClN3O2/c9-5-1-2-7(13)10-6-3-4-8(14)12-11-6/h3-4H,1-2,5H2,(H,12,14)(H,10,11,13). The monoisotopic (exact) mass is 215 g/mol. The molecule has 1 amide bonds. The number of anilines is 1. The lowest BCUT2D eigenvalue weighted by Gasteiger charge is -2.01. The van der Waals surface area contributed by atoms with Gasteiger partial charge in [0.05, 0.1) is 0 Å². The Balaban J connectivity index is 2.48. The Morgan fingerprint density at radius 3 is 2.93 bits per heavy atom. The molecule has 0 bridgehead atoms. The Bertz CT molecular complexity index is 343. The molecule has 0 saturated carbocycles. The van der Waals surface area contributed by atoms with E-state index in [1.54, 1.807) is 0 Å². The molecule has 6 heteroatoms. The smallest absolute Gasteiger partial charge is 0.264 e. The van der Waals surface area contributed by atoms with Gasteiger partial charge >= 0.3 is 0 Å². The lowest BCUT2D eigenvalue weighted by atomic mass is 10.3. The number of aromatic amines is 1. The number of nitrogens with one attached hydrogen (secondary N) is 2. The third kappa shape index (κ3) is 3.57. The van der Waals surface area contributed by atoms with E-state index in [9.17, 15) is 9.59 Å². The largest absolute Gasteiger partial charge is 0.309 e. The fraction of sp³-hybridized carbons (Fsp3) is 0.375. The molecule has 14 heavy (non-hydrogen) atoms. The lowest BCUT2D eigenvalue weighted by Crippen LogP contribution is -2.15. The molecule has 1 rings (SSSR count). The predicted molar refractivity (Wildman–Crippen MR) is 53.4 cm³/mol. The Labute approximate surface area is 85.5 Å². The summed E-state index contributed by atoms with van der Waals surface area (Å²) in [5.74, 6) is 0.626. The Hall–Kier alpha value is -1.36. The number of halogens is 1. The maximum Gasteiger partial charge on any atom is 0.264 e. The molecule has 0 atom stereocenters. The average Bonchev–Trinajstić information content (AvgIpc) is 2.18. The maximum absolute atomic E-state index is 11.2. The molecule has 0 aromatic carbocycles. The number of aromatic nitrogens is 2. The van der Waals surface area contributed by atoms with E-state index in [4.69, 9.17) is 11.6 Å². The summed E-state index contributed by atoms with van der Waals surface area (Å²) in [6, 6.07) is 2.74. The summed E-state index contributed by atoms with van der Waals surface area (Å²) in [4.78, 5) is 21.8. The van der Waals surface area contributed by atoms with E-state index in [1.165, 1.54) is 12.1 Å². The van der Waals surface area contributed by atoms with E-state index < -0.39 is 0 Å². The molecule has 0 unspecified atom stereocenters. The highest BCUT2D eigenvalue weighted by Gasteiger charge is 2.01. The van der Waals surface area contributed by atoms with Crippen molar-refractivity contribution in [3.8, 4) is 0 Å². The van der Waals surface area contributed by atoms with Crippen LogP contribution in [0, 0.1) is 0 Å². The summed E-state index contributed by atoms with van der Waals surface area (Å²) in [7, 11) is 0. The van der Waals surface area contributed by atoms with Gasteiger partial charge in [-0.15, -0.1) is 11.6 Å². The van der Waals surface area contributed by atoms with Gasteiger partial charge in [0.25, 0.3) is 5.56 Å². The molecule has 1 aromatic rings. The summed E-state index contributed by atoms with van der Waals surface area (Å²) in [6.07, 6.45) is 0.973. The zero-order chi connectivity index (χ0) is 10.4. The number of H-pyrrole nitrogens is 1. The number of amides is 1. The number of hydrogen-bond acceptors (Lipinski definition) is 3. The van der Waals surface area contributed by atoms with Crippen LogP contribution in [0.4, 0.5) is 5.82 Å². The van der Waals surface area contributed by atoms with Crippen molar-refractivity contribution in [2.24, 2.45) is 0 Å². The van der Waals surface area contributed by atoms with Crippen LogP contribution in [0.2, 0.25) is 0 Å². The van der Waals surface area contributed by atoms with Crippen molar-refractivity contribution in [3.63, 3.8) is 0 Å². The zero-order valence-electron chi connectivity index (χ0n) is 7.42. The van der Waals surface area contributed by atoms with Crippen molar-refractivity contribution in [3.05, 3.63) is 22.5 Å². The average molecular weight is 216 g/mol. The highest BCUT2D eigenvalue weighted by Crippen LogP contribution is 1.99. The predicted octanol–water partition coefficient (Wildman–Crippen LogP) is 0.727. The van der Waals surface area contributed by atoms with E-state index in [-0.39, 0.29) is 11.5 Å². The van der Waals surface area contributed by atoms with Gasteiger partial charge in [-0.25, -0.2) is 5.10 Å². The minimum Gasteiger partial charge on any atom is -0.309 e. The Kier molecular flexibility index (Phi) is 4.12. The van der Waals surface area contributed by atoms with Crippen LogP contribution in [-0.4, -0.2) is 22.0 Å². The van der Waals surface area contributed by atoms with Crippen LogP contribution in [0.3, 0.4) is 0 Å². The van der Waals surface area contributed by atoms with Crippen LogP contribution < -0.4 is 10.9 Å². The van der Waals surface area contributed by atoms with Crippen LogP contribution in [0.15, 0.2) is 16.9 Å². The molecule has 2 N–H and O–H groups in total. The van der Waals surface area contributed by atoms with E-state index in [0.717, 1.165) is 0 Å². The first-order valence-corrected chi connectivity index (χ1v) is 4.67. The number of nitrogens with zero attached hydrogens (tertiary/aromatic N) is 1. The van der Waals surface area contributed by atoms with Crippen LogP contribution in [0.5, 0.6) is 0 Å². The summed E-state index contributed by atoms with van der Waals surface area (Å²) in [5, 5.41) is 8.36. The number of alkyl halides is 1.